The second-order valence-electron chi connectivity index (χ2n) is 3.96. The quantitative estimate of drug-likeness (QED) is 0.746. The van der Waals surface area contributed by atoms with Gasteiger partial charge in [-0.3, -0.25) is 0 Å². The van der Waals surface area contributed by atoms with E-state index in [1.165, 1.54) is 23.7 Å². The summed E-state index contributed by atoms with van der Waals surface area (Å²) in [6.45, 7) is 3.42. The summed E-state index contributed by atoms with van der Waals surface area (Å²) >= 11 is 1.40. The van der Waals surface area contributed by atoms with Crippen LogP contribution >= 0.6 is 11.3 Å². The molecule has 0 unspecified atom stereocenters. The van der Waals surface area contributed by atoms with Crippen molar-refractivity contribution in [3.8, 4) is 0 Å². The molecule has 0 radical (unpaired) electrons. The SMILES string of the molecule is CCCNCc1sccc1S(=O)(=O)Nc1nccnn1. The van der Waals surface area contributed by atoms with E-state index in [1.807, 2.05) is 0 Å². The van der Waals surface area contributed by atoms with Gasteiger partial charge in [-0.1, -0.05) is 6.92 Å². The first-order chi connectivity index (χ1) is 9.63. The molecule has 2 heterocycles. The van der Waals surface area contributed by atoms with Gasteiger partial charge in [0.15, 0.2) is 0 Å². The molecule has 0 saturated heterocycles. The number of aromatic nitrogens is 3. The van der Waals surface area contributed by atoms with Crippen LogP contribution in [-0.2, 0) is 16.6 Å². The predicted octanol–water partition coefficient (Wildman–Crippen LogP) is 1.23. The maximum absolute atomic E-state index is 12.3. The van der Waals surface area contributed by atoms with E-state index in [1.54, 1.807) is 11.4 Å². The summed E-state index contributed by atoms with van der Waals surface area (Å²) in [6.07, 6.45) is 3.75. The van der Waals surface area contributed by atoms with E-state index in [2.05, 4.69) is 32.1 Å². The lowest BCUT2D eigenvalue weighted by Crippen LogP contribution is -2.19. The van der Waals surface area contributed by atoms with E-state index in [4.69, 9.17) is 0 Å². The minimum absolute atomic E-state index is 0.0360. The highest BCUT2D eigenvalue weighted by Gasteiger charge is 2.20. The van der Waals surface area contributed by atoms with Gasteiger partial charge in [-0.15, -0.1) is 16.4 Å². The van der Waals surface area contributed by atoms with Gasteiger partial charge in [0.25, 0.3) is 16.0 Å². The zero-order valence-electron chi connectivity index (χ0n) is 10.9. The van der Waals surface area contributed by atoms with Crippen molar-refractivity contribution in [1.82, 2.24) is 20.5 Å². The highest BCUT2D eigenvalue weighted by Crippen LogP contribution is 2.23. The van der Waals surface area contributed by atoms with Crippen LogP contribution in [0.15, 0.2) is 28.7 Å². The van der Waals surface area contributed by atoms with Gasteiger partial charge in [0, 0.05) is 11.4 Å². The first kappa shape index (κ1) is 14.8. The number of thiophene rings is 1. The van der Waals surface area contributed by atoms with Crippen molar-refractivity contribution in [3.63, 3.8) is 0 Å². The number of nitrogens with one attached hydrogen (secondary N) is 2. The Morgan fingerprint density at radius 1 is 1.35 bits per heavy atom. The molecule has 0 amide bonds. The molecule has 108 valence electrons. The molecule has 7 nitrogen and oxygen atoms in total. The van der Waals surface area contributed by atoms with E-state index >= 15 is 0 Å². The zero-order valence-corrected chi connectivity index (χ0v) is 12.5. The minimum Gasteiger partial charge on any atom is -0.312 e. The maximum Gasteiger partial charge on any atom is 0.265 e. The average molecular weight is 313 g/mol. The van der Waals surface area contributed by atoms with Crippen LogP contribution in [0, 0.1) is 0 Å². The summed E-state index contributed by atoms with van der Waals surface area (Å²) < 4.78 is 26.9. The fourth-order valence-corrected chi connectivity index (χ4v) is 3.91. The lowest BCUT2D eigenvalue weighted by Gasteiger charge is -2.07. The molecular weight excluding hydrogens is 298 g/mol. The molecule has 20 heavy (non-hydrogen) atoms. The molecule has 0 aliphatic rings. The van der Waals surface area contributed by atoms with Gasteiger partial charge in [-0.25, -0.2) is 18.1 Å². The van der Waals surface area contributed by atoms with Crippen molar-refractivity contribution >= 4 is 27.3 Å². The molecule has 2 aromatic rings. The summed E-state index contributed by atoms with van der Waals surface area (Å²) in [5.41, 5.74) is 0. The van der Waals surface area contributed by atoms with Crippen LogP contribution in [-0.4, -0.2) is 30.1 Å². The number of hydrogen-bond acceptors (Lipinski definition) is 7. The lowest BCUT2D eigenvalue weighted by molar-refractivity contribution is 0.598. The van der Waals surface area contributed by atoms with Crippen LogP contribution in [0.3, 0.4) is 0 Å². The molecule has 0 aliphatic heterocycles. The van der Waals surface area contributed by atoms with Crippen molar-refractivity contribution in [2.24, 2.45) is 0 Å². The van der Waals surface area contributed by atoms with Gasteiger partial charge in [0.2, 0.25) is 0 Å². The van der Waals surface area contributed by atoms with Gasteiger partial charge >= 0.3 is 0 Å². The number of rotatable bonds is 7. The maximum atomic E-state index is 12.3. The third-order valence-corrected chi connectivity index (χ3v) is 4.88. The minimum atomic E-state index is -3.68. The first-order valence-corrected chi connectivity index (χ1v) is 8.43. The molecule has 2 N–H and O–H groups in total. The highest BCUT2D eigenvalue weighted by atomic mass is 32.2. The normalized spacial score (nSPS) is 11.4. The second kappa shape index (κ2) is 6.73. The summed E-state index contributed by atoms with van der Waals surface area (Å²) in [5.74, 6) is -0.0360. The molecule has 0 saturated carbocycles. The molecule has 0 aromatic carbocycles. The molecule has 0 fully saturated rings. The Hall–Kier alpha value is -1.58. The Morgan fingerprint density at radius 3 is 2.90 bits per heavy atom. The molecular formula is C11H15N5O2S2. The zero-order chi connectivity index (χ0) is 14.4. The van der Waals surface area contributed by atoms with Crippen LogP contribution in [0.1, 0.15) is 18.2 Å². The van der Waals surface area contributed by atoms with Gasteiger partial charge in [0.1, 0.15) is 4.90 Å². The van der Waals surface area contributed by atoms with E-state index < -0.39 is 10.0 Å². The molecule has 0 atom stereocenters. The highest BCUT2D eigenvalue weighted by molar-refractivity contribution is 7.92. The summed E-state index contributed by atoms with van der Waals surface area (Å²) in [5, 5.41) is 12.1. The summed E-state index contributed by atoms with van der Waals surface area (Å²) in [4.78, 5) is 4.81. The largest absolute Gasteiger partial charge is 0.312 e. The van der Waals surface area contributed by atoms with Crippen molar-refractivity contribution in [2.75, 3.05) is 11.3 Å². The van der Waals surface area contributed by atoms with Crippen LogP contribution in [0.2, 0.25) is 0 Å². The number of anilines is 1. The number of sulfonamides is 1. The second-order valence-corrected chi connectivity index (χ2v) is 6.61. The van der Waals surface area contributed by atoms with E-state index in [9.17, 15) is 8.42 Å². The Labute approximate surface area is 121 Å². The fraction of sp³-hybridized carbons (Fsp3) is 0.364. The number of hydrogen-bond donors (Lipinski definition) is 2. The smallest absolute Gasteiger partial charge is 0.265 e. The first-order valence-electron chi connectivity index (χ1n) is 6.07. The molecule has 0 spiro atoms. The Balaban J connectivity index is 2.15. The van der Waals surface area contributed by atoms with Crippen LogP contribution < -0.4 is 10.0 Å². The van der Waals surface area contributed by atoms with Crippen molar-refractivity contribution in [3.05, 3.63) is 28.7 Å². The third-order valence-electron chi connectivity index (χ3n) is 2.41. The molecule has 2 rings (SSSR count). The monoisotopic (exact) mass is 313 g/mol. The van der Waals surface area contributed by atoms with Crippen molar-refractivity contribution in [2.45, 2.75) is 24.8 Å². The lowest BCUT2D eigenvalue weighted by atomic mass is 10.4. The molecule has 0 aliphatic carbocycles. The molecule has 0 bridgehead atoms. The van der Waals surface area contributed by atoms with Gasteiger partial charge in [-0.05, 0) is 24.4 Å². The van der Waals surface area contributed by atoms with Crippen LogP contribution in [0.25, 0.3) is 0 Å². The van der Waals surface area contributed by atoms with Crippen molar-refractivity contribution in [1.29, 1.82) is 0 Å². The number of nitrogens with zero attached hydrogens (tertiary/aromatic N) is 3. The fourth-order valence-electron chi connectivity index (χ4n) is 1.55. The third kappa shape index (κ3) is 3.71. The Kier molecular flexibility index (Phi) is 4.99. The van der Waals surface area contributed by atoms with E-state index in [-0.39, 0.29) is 10.8 Å². The Bertz CT molecular complexity index is 642. The van der Waals surface area contributed by atoms with Crippen LogP contribution in [0.4, 0.5) is 5.95 Å². The van der Waals surface area contributed by atoms with Gasteiger partial charge < -0.3 is 5.32 Å². The summed E-state index contributed by atoms with van der Waals surface area (Å²) in [6, 6.07) is 1.58. The molecule has 9 heteroatoms. The average Bonchev–Trinajstić information content (AvgIpc) is 2.89. The predicted molar refractivity (Wildman–Crippen MR) is 77.0 cm³/mol. The van der Waals surface area contributed by atoms with Crippen LogP contribution in [0.5, 0.6) is 0 Å². The van der Waals surface area contributed by atoms with E-state index in [0.717, 1.165) is 17.8 Å². The van der Waals surface area contributed by atoms with Crippen molar-refractivity contribution < 1.29 is 8.42 Å². The molecule has 2 aromatic heterocycles. The Morgan fingerprint density at radius 2 is 2.20 bits per heavy atom. The standard InChI is InChI=1S/C11H15N5O2S2/c1-2-4-12-8-9-10(3-7-19-9)20(17,18)16-11-13-5-6-14-15-11/h3,5-7,12H,2,4,8H2,1H3,(H,13,15,16). The summed E-state index contributed by atoms with van der Waals surface area (Å²) in [7, 11) is -3.68. The van der Waals surface area contributed by atoms with Gasteiger partial charge in [-0.2, -0.15) is 5.10 Å². The van der Waals surface area contributed by atoms with E-state index in [0.29, 0.717) is 6.54 Å². The van der Waals surface area contributed by atoms with Gasteiger partial charge in [0.05, 0.1) is 12.4 Å². The topological polar surface area (TPSA) is 96.9 Å².